The first-order chi connectivity index (χ1) is 16.3. The van der Waals surface area contributed by atoms with Crippen LogP contribution in [0.3, 0.4) is 0 Å². The smallest absolute Gasteiger partial charge is 0.321 e. The van der Waals surface area contributed by atoms with E-state index in [1.54, 1.807) is 0 Å². The fourth-order valence-corrected chi connectivity index (χ4v) is 6.16. The summed E-state index contributed by atoms with van der Waals surface area (Å²) in [5, 5.41) is 2.98. The fraction of sp³-hybridized carbons (Fsp3) is 0.704. The van der Waals surface area contributed by atoms with Crippen molar-refractivity contribution >= 4 is 11.9 Å². The molecule has 7 heteroatoms. The number of benzene rings is 1. The molecule has 34 heavy (non-hydrogen) atoms. The van der Waals surface area contributed by atoms with E-state index in [0.29, 0.717) is 19.0 Å². The average Bonchev–Trinajstić information content (AvgIpc) is 3.02. The number of hydrogen-bond donors (Lipinski definition) is 1. The van der Waals surface area contributed by atoms with Gasteiger partial charge in [0.25, 0.3) is 0 Å². The molecule has 1 spiro atoms. The molecule has 1 aromatic rings. The van der Waals surface area contributed by atoms with Crippen molar-refractivity contribution in [2.45, 2.75) is 56.0 Å². The second kappa shape index (κ2) is 10.2. The van der Waals surface area contributed by atoms with E-state index in [4.69, 9.17) is 0 Å². The van der Waals surface area contributed by atoms with E-state index in [-0.39, 0.29) is 29.6 Å². The molecular formula is C27H43N5O2. The lowest BCUT2D eigenvalue weighted by Crippen LogP contribution is -2.56. The minimum atomic E-state index is -0.162. The normalized spacial score (nSPS) is 27.6. The average molecular weight is 470 g/mol. The second-order valence-corrected chi connectivity index (χ2v) is 11.2. The van der Waals surface area contributed by atoms with E-state index < -0.39 is 0 Å². The fourth-order valence-electron chi connectivity index (χ4n) is 6.16. The third-order valence-corrected chi connectivity index (χ3v) is 8.62. The van der Waals surface area contributed by atoms with Crippen molar-refractivity contribution < 1.29 is 9.59 Å². The molecule has 2 aliphatic carbocycles. The summed E-state index contributed by atoms with van der Waals surface area (Å²) in [5.41, 5.74) is 1.20. The third-order valence-electron chi connectivity index (χ3n) is 8.62. The Morgan fingerprint density at radius 2 is 1.74 bits per heavy atom. The molecule has 2 saturated carbocycles. The molecule has 0 atom stereocenters. The van der Waals surface area contributed by atoms with Crippen LogP contribution in [0.15, 0.2) is 30.3 Å². The molecule has 0 unspecified atom stereocenters. The summed E-state index contributed by atoms with van der Waals surface area (Å²) in [4.78, 5) is 34.6. The Kier molecular flexibility index (Phi) is 7.53. The van der Waals surface area contributed by atoms with Gasteiger partial charge in [0.05, 0.1) is 5.54 Å². The maximum absolute atomic E-state index is 13.6. The van der Waals surface area contributed by atoms with Crippen LogP contribution in [0.1, 0.15) is 50.5 Å². The highest BCUT2D eigenvalue weighted by atomic mass is 16.2. The lowest BCUT2D eigenvalue weighted by Gasteiger charge is -2.51. The van der Waals surface area contributed by atoms with Gasteiger partial charge in [-0.1, -0.05) is 36.8 Å². The highest BCUT2D eigenvalue weighted by molar-refractivity contribution is 5.86. The molecule has 0 radical (unpaired) electrons. The summed E-state index contributed by atoms with van der Waals surface area (Å²) in [6, 6.07) is 10.9. The molecule has 188 valence electrons. The summed E-state index contributed by atoms with van der Waals surface area (Å²) in [6.07, 6.45) is 7.68. The van der Waals surface area contributed by atoms with E-state index in [1.165, 1.54) is 24.8 Å². The SMILES string of the molecule is CN(C)CCNC(=O)CN1C[C@]2(CC[C@@](c3ccccc3)(N(C)C)CC2)N(CC2CCC2)C1=O. The Hall–Kier alpha value is -2.12. The third kappa shape index (κ3) is 4.96. The van der Waals surface area contributed by atoms with Crippen LogP contribution in [0, 0.1) is 5.92 Å². The zero-order valence-corrected chi connectivity index (χ0v) is 21.6. The Labute approximate surface area is 205 Å². The van der Waals surface area contributed by atoms with Gasteiger partial charge in [0, 0.05) is 31.7 Å². The van der Waals surface area contributed by atoms with Gasteiger partial charge in [-0.05, 0) is 78.2 Å². The maximum Gasteiger partial charge on any atom is 0.321 e. The molecule has 1 aromatic carbocycles. The molecule has 0 aromatic heterocycles. The molecule has 7 nitrogen and oxygen atoms in total. The minimum Gasteiger partial charge on any atom is -0.353 e. The Morgan fingerprint density at radius 1 is 1.06 bits per heavy atom. The molecule has 3 amide bonds. The van der Waals surface area contributed by atoms with Crippen molar-refractivity contribution in [1.82, 2.24) is 24.9 Å². The Morgan fingerprint density at radius 3 is 2.29 bits per heavy atom. The summed E-state index contributed by atoms with van der Waals surface area (Å²) in [5.74, 6) is 0.558. The van der Waals surface area contributed by atoms with Gasteiger partial charge in [-0.25, -0.2) is 4.79 Å². The van der Waals surface area contributed by atoms with Crippen molar-refractivity contribution in [2.75, 3.05) is 60.9 Å². The maximum atomic E-state index is 13.6. The van der Waals surface area contributed by atoms with E-state index in [0.717, 1.165) is 38.8 Å². The Bertz CT molecular complexity index is 844. The van der Waals surface area contributed by atoms with Crippen LogP contribution >= 0.6 is 0 Å². The number of likely N-dealkylation sites (N-methyl/N-ethyl adjacent to an activating group) is 1. The standard InChI is InChI=1S/C27H43N5O2/c1-29(2)18-17-28-24(33)20-31-21-26(32(25(31)34)19-22-9-8-10-22)13-15-27(16-14-26,30(3)4)23-11-6-5-7-12-23/h5-7,11-12,22H,8-10,13-21H2,1-4H3,(H,28,33)/t26-,27-. The van der Waals surface area contributed by atoms with E-state index in [1.807, 2.05) is 23.9 Å². The number of nitrogens with zero attached hydrogens (tertiary/aromatic N) is 4. The predicted octanol–water partition coefficient (Wildman–Crippen LogP) is 2.97. The second-order valence-electron chi connectivity index (χ2n) is 11.2. The van der Waals surface area contributed by atoms with Crippen molar-refractivity contribution in [3.8, 4) is 0 Å². The lowest BCUT2D eigenvalue weighted by molar-refractivity contribution is -0.121. The molecule has 1 saturated heterocycles. The zero-order valence-electron chi connectivity index (χ0n) is 21.6. The minimum absolute atomic E-state index is 0.00529. The summed E-state index contributed by atoms with van der Waals surface area (Å²) < 4.78 is 0. The molecule has 0 bridgehead atoms. The predicted molar refractivity (Wildman–Crippen MR) is 136 cm³/mol. The van der Waals surface area contributed by atoms with Crippen LogP contribution in [0.2, 0.25) is 0 Å². The number of hydrogen-bond acceptors (Lipinski definition) is 4. The monoisotopic (exact) mass is 469 g/mol. The number of amides is 3. The van der Waals surface area contributed by atoms with E-state index in [2.05, 4.69) is 59.5 Å². The van der Waals surface area contributed by atoms with E-state index in [9.17, 15) is 9.59 Å². The highest BCUT2D eigenvalue weighted by Gasteiger charge is 2.55. The number of urea groups is 1. The molecule has 1 aliphatic heterocycles. The van der Waals surface area contributed by atoms with Gasteiger partial charge in [0.15, 0.2) is 0 Å². The van der Waals surface area contributed by atoms with Crippen LogP contribution in [0.5, 0.6) is 0 Å². The van der Waals surface area contributed by atoms with Gasteiger partial charge < -0.3 is 20.0 Å². The van der Waals surface area contributed by atoms with Crippen LogP contribution < -0.4 is 5.32 Å². The van der Waals surface area contributed by atoms with Gasteiger partial charge in [-0.15, -0.1) is 0 Å². The summed E-state index contributed by atoms with van der Waals surface area (Å²) in [7, 11) is 8.34. The number of nitrogens with one attached hydrogen (secondary N) is 1. The van der Waals surface area contributed by atoms with Crippen LogP contribution in [-0.2, 0) is 10.3 Å². The molecule has 3 fully saturated rings. The quantitative estimate of drug-likeness (QED) is 0.604. The zero-order chi connectivity index (χ0) is 24.3. The van der Waals surface area contributed by atoms with Gasteiger partial charge in [-0.3, -0.25) is 9.69 Å². The van der Waals surface area contributed by atoms with E-state index >= 15 is 0 Å². The highest BCUT2D eigenvalue weighted by Crippen LogP contribution is 2.49. The van der Waals surface area contributed by atoms with Crippen molar-refractivity contribution in [2.24, 2.45) is 5.92 Å². The number of carbonyl (C=O) groups is 2. The summed E-state index contributed by atoms with van der Waals surface area (Å²) >= 11 is 0. The van der Waals surface area contributed by atoms with Crippen LogP contribution in [0.4, 0.5) is 4.79 Å². The Balaban J connectivity index is 1.49. The van der Waals surface area contributed by atoms with Crippen molar-refractivity contribution in [3.63, 3.8) is 0 Å². The topological polar surface area (TPSA) is 59.1 Å². The van der Waals surface area contributed by atoms with Gasteiger partial charge in [-0.2, -0.15) is 0 Å². The number of rotatable bonds is 9. The van der Waals surface area contributed by atoms with Crippen LogP contribution in [0.25, 0.3) is 0 Å². The lowest BCUT2D eigenvalue weighted by atomic mass is 9.68. The molecular weight excluding hydrogens is 426 g/mol. The molecule has 1 heterocycles. The molecule has 4 rings (SSSR count). The van der Waals surface area contributed by atoms with Crippen LogP contribution in [-0.4, -0.2) is 98.0 Å². The number of carbonyl (C=O) groups excluding carboxylic acids is 2. The van der Waals surface area contributed by atoms with Crippen molar-refractivity contribution in [3.05, 3.63) is 35.9 Å². The largest absolute Gasteiger partial charge is 0.353 e. The molecule has 3 aliphatic rings. The van der Waals surface area contributed by atoms with Crippen molar-refractivity contribution in [1.29, 1.82) is 0 Å². The van der Waals surface area contributed by atoms with Gasteiger partial charge in [0.2, 0.25) is 5.91 Å². The first-order valence-corrected chi connectivity index (χ1v) is 13.0. The first kappa shape index (κ1) is 25.0. The molecule has 1 N–H and O–H groups in total. The van der Waals surface area contributed by atoms with Gasteiger partial charge in [0.1, 0.15) is 6.54 Å². The van der Waals surface area contributed by atoms with Gasteiger partial charge >= 0.3 is 6.03 Å². The first-order valence-electron chi connectivity index (χ1n) is 13.0. The summed E-state index contributed by atoms with van der Waals surface area (Å²) in [6.45, 7) is 3.07.